The van der Waals surface area contributed by atoms with Crippen molar-refractivity contribution in [1.29, 1.82) is 0 Å². The first-order valence-electron chi connectivity index (χ1n) is 11.6. The van der Waals surface area contributed by atoms with Crippen LogP contribution in [0, 0.1) is 5.92 Å². The number of alkyl halides is 1. The van der Waals surface area contributed by atoms with Crippen molar-refractivity contribution in [3.05, 3.63) is 57.6 Å². The molecule has 2 aromatic rings. The molecule has 0 N–H and O–H groups in total. The van der Waals surface area contributed by atoms with E-state index in [0.717, 1.165) is 16.9 Å². The number of halogens is 3. The molecule has 0 radical (unpaired) electrons. The Morgan fingerprint density at radius 1 is 0.914 bits per heavy atom. The Labute approximate surface area is 223 Å². The average Bonchev–Trinajstić information content (AvgIpc) is 2.79. The summed E-state index contributed by atoms with van der Waals surface area (Å²) in [6.45, 7) is 13.0. The zero-order chi connectivity index (χ0) is 26.2. The van der Waals surface area contributed by atoms with E-state index >= 15 is 0 Å². The predicted molar refractivity (Wildman–Crippen MR) is 143 cm³/mol. The standard InChI is InChI=1S/C27H35Cl3O5/c1-17(2)32-14-18(3)15-33-22-9-7-20(8-10-22)27(5,6)21-11-24(29)26(25(30)12-21)34-16-23(13-28)35-19(4)31/h7-12,17-18,23H,13-16H2,1-6H3/t18-,23-/m0/s1. The van der Waals surface area contributed by atoms with Gasteiger partial charge in [0.1, 0.15) is 18.5 Å². The number of carbonyl (C=O) groups excluding carboxylic acids is 1. The van der Waals surface area contributed by atoms with Gasteiger partial charge in [-0.1, -0.05) is 56.1 Å². The second-order valence-electron chi connectivity index (χ2n) is 9.41. The smallest absolute Gasteiger partial charge is 0.303 e. The summed E-state index contributed by atoms with van der Waals surface area (Å²) >= 11 is 18.9. The number of benzene rings is 2. The van der Waals surface area contributed by atoms with Crippen LogP contribution in [0.3, 0.4) is 0 Å². The molecule has 0 unspecified atom stereocenters. The van der Waals surface area contributed by atoms with Crippen molar-refractivity contribution in [3.63, 3.8) is 0 Å². The Hall–Kier alpha value is -1.66. The fourth-order valence-electron chi connectivity index (χ4n) is 3.36. The zero-order valence-corrected chi connectivity index (χ0v) is 23.5. The van der Waals surface area contributed by atoms with Crippen LogP contribution in [0.15, 0.2) is 36.4 Å². The average molecular weight is 546 g/mol. The Kier molecular flexibility index (Phi) is 11.5. The summed E-state index contributed by atoms with van der Waals surface area (Å²) in [5, 5.41) is 0.739. The third-order valence-corrected chi connectivity index (χ3v) is 6.37. The molecule has 194 valence electrons. The Morgan fingerprint density at radius 3 is 2.03 bits per heavy atom. The highest BCUT2D eigenvalue weighted by atomic mass is 35.5. The van der Waals surface area contributed by atoms with E-state index in [1.54, 1.807) is 0 Å². The molecule has 2 rings (SSSR count). The normalized spacial score (nSPS) is 13.4. The lowest BCUT2D eigenvalue weighted by Crippen LogP contribution is -2.26. The fourth-order valence-corrected chi connectivity index (χ4v) is 4.11. The summed E-state index contributed by atoms with van der Waals surface area (Å²) in [6, 6.07) is 11.7. The topological polar surface area (TPSA) is 54.0 Å². The molecule has 5 nitrogen and oxygen atoms in total. The molecule has 0 saturated carbocycles. The molecule has 0 saturated heterocycles. The maximum Gasteiger partial charge on any atom is 0.303 e. The summed E-state index contributed by atoms with van der Waals surface area (Å²) in [5.41, 5.74) is 1.64. The first-order valence-corrected chi connectivity index (χ1v) is 12.9. The summed E-state index contributed by atoms with van der Waals surface area (Å²) in [6.07, 6.45) is -0.381. The van der Waals surface area contributed by atoms with Gasteiger partial charge < -0.3 is 18.9 Å². The Balaban J connectivity index is 2.09. The highest BCUT2D eigenvalue weighted by Crippen LogP contribution is 2.40. The maximum atomic E-state index is 11.2. The van der Waals surface area contributed by atoms with Crippen LogP contribution < -0.4 is 9.47 Å². The first kappa shape index (κ1) is 29.6. The lowest BCUT2D eigenvalue weighted by molar-refractivity contribution is -0.146. The summed E-state index contributed by atoms with van der Waals surface area (Å²) < 4.78 is 22.4. The molecule has 0 heterocycles. The molecule has 0 aliphatic heterocycles. The molecule has 8 heteroatoms. The molecule has 0 aromatic heterocycles. The van der Waals surface area contributed by atoms with Crippen molar-refractivity contribution in [2.75, 3.05) is 25.7 Å². The molecule has 0 amide bonds. The van der Waals surface area contributed by atoms with Gasteiger partial charge in [0.15, 0.2) is 5.75 Å². The molecule has 0 aliphatic rings. The third kappa shape index (κ3) is 9.05. The largest absolute Gasteiger partial charge is 0.493 e. The van der Waals surface area contributed by atoms with Gasteiger partial charge in [-0.2, -0.15) is 0 Å². The highest BCUT2D eigenvalue weighted by Gasteiger charge is 2.26. The Morgan fingerprint density at radius 2 is 1.51 bits per heavy atom. The van der Waals surface area contributed by atoms with Crippen LogP contribution >= 0.6 is 34.8 Å². The molecule has 35 heavy (non-hydrogen) atoms. The van der Waals surface area contributed by atoms with Crippen LogP contribution in [0.4, 0.5) is 0 Å². The van der Waals surface area contributed by atoms with Crippen LogP contribution in [0.5, 0.6) is 11.5 Å². The summed E-state index contributed by atoms with van der Waals surface area (Å²) in [4.78, 5) is 11.2. The lowest BCUT2D eigenvalue weighted by Gasteiger charge is -2.27. The van der Waals surface area contributed by atoms with E-state index < -0.39 is 12.1 Å². The minimum absolute atomic E-state index is 0.0505. The van der Waals surface area contributed by atoms with E-state index in [1.165, 1.54) is 6.92 Å². The second kappa shape index (κ2) is 13.6. The van der Waals surface area contributed by atoms with E-state index in [0.29, 0.717) is 34.9 Å². The predicted octanol–water partition coefficient (Wildman–Crippen LogP) is 7.31. The first-order chi connectivity index (χ1) is 16.4. The number of hydrogen-bond acceptors (Lipinski definition) is 5. The van der Waals surface area contributed by atoms with Gasteiger partial charge in [0, 0.05) is 18.3 Å². The number of carbonyl (C=O) groups is 1. The van der Waals surface area contributed by atoms with Crippen molar-refractivity contribution in [1.82, 2.24) is 0 Å². The van der Waals surface area contributed by atoms with Crippen molar-refractivity contribution < 1.29 is 23.7 Å². The number of esters is 1. The molecule has 0 spiro atoms. The highest BCUT2D eigenvalue weighted by molar-refractivity contribution is 6.37. The molecule has 0 aliphatic carbocycles. The minimum atomic E-state index is -0.594. The van der Waals surface area contributed by atoms with Gasteiger partial charge in [-0.25, -0.2) is 0 Å². The molecular weight excluding hydrogens is 511 g/mol. The van der Waals surface area contributed by atoms with Gasteiger partial charge in [-0.3, -0.25) is 4.79 Å². The second-order valence-corrected chi connectivity index (χ2v) is 10.5. The lowest BCUT2D eigenvalue weighted by atomic mass is 9.78. The van der Waals surface area contributed by atoms with Crippen LogP contribution in [0.25, 0.3) is 0 Å². The van der Waals surface area contributed by atoms with E-state index in [2.05, 4.69) is 20.8 Å². The van der Waals surface area contributed by atoms with Crippen molar-refractivity contribution in [2.24, 2.45) is 5.92 Å². The van der Waals surface area contributed by atoms with Gasteiger partial charge in [-0.05, 0) is 49.2 Å². The monoisotopic (exact) mass is 544 g/mol. The summed E-state index contributed by atoms with van der Waals surface area (Å²) in [7, 11) is 0. The molecule has 0 fully saturated rings. The van der Waals surface area contributed by atoms with E-state index in [9.17, 15) is 4.79 Å². The molecule has 2 atom stereocenters. The van der Waals surface area contributed by atoms with Crippen LogP contribution in [0.2, 0.25) is 10.0 Å². The van der Waals surface area contributed by atoms with Crippen molar-refractivity contribution >= 4 is 40.8 Å². The van der Waals surface area contributed by atoms with E-state index in [1.807, 2.05) is 50.2 Å². The zero-order valence-electron chi connectivity index (χ0n) is 21.2. The van der Waals surface area contributed by atoms with Crippen LogP contribution in [-0.2, 0) is 19.7 Å². The van der Waals surface area contributed by atoms with Gasteiger partial charge in [0.25, 0.3) is 0 Å². The summed E-state index contributed by atoms with van der Waals surface area (Å²) in [5.74, 6) is 1.10. The van der Waals surface area contributed by atoms with Crippen molar-refractivity contribution in [3.8, 4) is 11.5 Å². The van der Waals surface area contributed by atoms with Gasteiger partial charge in [-0.15, -0.1) is 11.6 Å². The van der Waals surface area contributed by atoms with Gasteiger partial charge >= 0.3 is 5.97 Å². The quantitative estimate of drug-likeness (QED) is 0.195. The SMILES string of the molecule is CC(=O)O[C@@H](CCl)COc1c(Cl)cc(C(C)(C)c2ccc(OC[C@@H](C)COC(C)C)cc2)cc1Cl. The number of rotatable bonds is 13. The van der Waals surface area contributed by atoms with Gasteiger partial charge in [0.2, 0.25) is 0 Å². The fraction of sp³-hybridized carbons (Fsp3) is 0.519. The van der Waals surface area contributed by atoms with Crippen LogP contribution in [-0.4, -0.2) is 43.9 Å². The number of ether oxygens (including phenoxy) is 4. The molecular formula is C27H35Cl3O5. The van der Waals surface area contributed by atoms with Crippen LogP contribution in [0.1, 0.15) is 52.7 Å². The van der Waals surface area contributed by atoms with E-state index in [4.69, 9.17) is 53.8 Å². The number of hydrogen-bond donors (Lipinski definition) is 0. The third-order valence-electron chi connectivity index (χ3n) is 5.46. The maximum absolute atomic E-state index is 11.2. The Bertz CT molecular complexity index is 937. The van der Waals surface area contributed by atoms with E-state index in [-0.39, 0.29) is 24.0 Å². The molecule has 0 bridgehead atoms. The minimum Gasteiger partial charge on any atom is -0.493 e. The van der Waals surface area contributed by atoms with Gasteiger partial charge in [0.05, 0.1) is 35.2 Å². The van der Waals surface area contributed by atoms with Crippen molar-refractivity contribution in [2.45, 2.75) is 59.2 Å². The molecule has 2 aromatic carbocycles.